The Kier molecular flexibility index (Phi) is 5.29. The Balaban J connectivity index is 2.06. The van der Waals surface area contributed by atoms with Gasteiger partial charge in [-0.2, -0.15) is 0 Å². The number of nitrogens with two attached hydrogens (primary N) is 1. The Morgan fingerprint density at radius 1 is 1.50 bits per heavy atom. The standard InChI is InChI=1S/C16H23ClN4O/c1-11(22)20(2)10-12-3-5-21(6-4-12)16-8-13(17)7-15(19)14(16)9-18/h7-9,12,18H,3-6,10,19H2,1-2H3. The lowest BCUT2D eigenvalue weighted by Gasteiger charge is -2.36. The van der Waals surface area contributed by atoms with Crippen molar-refractivity contribution in [3.63, 3.8) is 0 Å². The lowest BCUT2D eigenvalue weighted by atomic mass is 9.95. The smallest absolute Gasteiger partial charge is 0.219 e. The maximum Gasteiger partial charge on any atom is 0.219 e. The minimum Gasteiger partial charge on any atom is -0.398 e. The number of halogens is 1. The molecule has 0 atom stereocenters. The Morgan fingerprint density at radius 3 is 2.68 bits per heavy atom. The van der Waals surface area contributed by atoms with Crippen molar-refractivity contribution in [2.24, 2.45) is 5.92 Å². The van der Waals surface area contributed by atoms with Gasteiger partial charge >= 0.3 is 0 Å². The van der Waals surface area contributed by atoms with Crippen LogP contribution in [0.4, 0.5) is 11.4 Å². The number of hydrogen-bond acceptors (Lipinski definition) is 4. The second-order valence-corrected chi connectivity index (χ2v) is 6.34. The van der Waals surface area contributed by atoms with E-state index in [-0.39, 0.29) is 5.91 Å². The van der Waals surface area contributed by atoms with E-state index in [1.54, 1.807) is 17.9 Å². The molecule has 1 fully saturated rings. The van der Waals surface area contributed by atoms with Crippen LogP contribution in [0.15, 0.2) is 12.1 Å². The number of amides is 1. The van der Waals surface area contributed by atoms with Crippen molar-refractivity contribution in [1.29, 1.82) is 5.41 Å². The number of hydrogen-bond donors (Lipinski definition) is 2. The molecule has 1 aliphatic heterocycles. The predicted octanol–water partition coefficient (Wildman–Crippen LogP) is 2.61. The second kappa shape index (κ2) is 7.01. The first kappa shape index (κ1) is 16.6. The predicted molar refractivity (Wildman–Crippen MR) is 92.0 cm³/mol. The van der Waals surface area contributed by atoms with Crippen LogP contribution < -0.4 is 10.6 Å². The molecular formula is C16H23ClN4O. The minimum atomic E-state index is 0.108. The van der Waals surface area contributed by atoms with Crippen LogP contribution >= 0.6 is 11.6 Å². The summed E-state index contributed by atoms with van der Waals surface area (Å²) in [5.41, 5.74) is 8.15. The summed E-state index contributed by atoms with van der Waals surface area (Å²) < 4.78 is 0. The van der Waals surface area contributed by atoms with E-state index in [0.29, 0.717) is 16.6 Å². The fraction of sp³-hybridized carbons (Fsp3) is 0.500. The molecule has 0 aliphatic carbocycles. The Labute approximate surface area is 136 Å². The van der Waals surface area contributed by atoms with E-state index in [9.17, 15) is 4.79 Å². The molecule has 3 N–H and O–H groups in total. The number of nitrogen functional groups attached to an aromatic ring is 1. The SMILES string of the molecule is CC(=O)N(C)CC1CCN(c2cc(Cl)cc(N)c2C=N)CC1. The number of nitrogens with zero attached hydrogens (tertiary/aromatic N) is 2. The van der Waals surface area contributed by atoms with E-state index >= 15 is 0 Å². The molecule has 6 heteroatoms. The summed E-state index contributed by atoms with van der Waals surface area (Å²) >= 11 is 6.10. The van der Waals surface area contributed by atoms with Crippen LogP contribution in [0, 0.1) is 11.3 Å². The van der Waals surface area contributed by atoms with E-state index in [1.807, 2.05) is 13.1 Å². The molecule has 120 valence electrons. The van der Waals surface area contributed by atoms with E-state index in [2.05, 4.69) is 4.90 Å². The first-order valence-electron chi connectivity index (χ1n) is 7.48. The molecule has 1 aliphatic rings. The average Bonchev–Trinajstić information content (AvgIpc) is 2.47. The molecule has 2 rings (SSSR count). The number of rotatable bonds is 4. The molecule has 0 bridgehead atoms. The average molecular weight is 323 g/mol. The van der Waals surface area contributed by atoms with Crippen molar-refractivity contribution in [1.82, 2.24) is 4.90 Å². The van der Waals surface area contributed by atoms with Crippen LogP contribution in [0.5, 0.6) is 0 Å². The van der Waals surface area contributed by atoms with Crippen molar-refractivity contribution in [2.45, 2.75) is 19.8 Å². The maximum atomic E-state index is 11.3. The van der Waals surface area contributed by atoms with E-state index in [1.165, 1.54) is 6.21 Å². The monoisotopic (exact) mass is 322 g/mol. The van der Waals surface area contributed by atoms with Gasteiger partial charge in [-0.05, 0) is 30.9 Å². The van der Waals surface area contributed by atoms with Gasteiger partial charge in [0.25, 0.3) is 0 Å². The van der Waals surface area contributed by atoms with Crippen molar-refractivity contribution in [2.75, 3.05) is 37.3 Å². The highest BCUT2D eigenvalue weighted by Gasteiger charge is 2.23. The second-order valence-electron chi connectivity index (χ2n) is 5.90. The summed E-state index contributed by atoms with van der Waals surface area (Å²) in [6.45, 7) is 4.17. The lowest BCUT2D eigenvalue weighted by molar-refractivity contribution is -0.128. The van der Waals surface area contributed by atoms with Gasteiger partial charge in [-0.25, -0.2) is 0 Å². The van der Waals surface area contributed by atoms with Crippen molar-refractivity contribution in [3.8, 4) is 0 Å². The first-order chi connectivity index (χ1) is 10.4. The zero-order valence-electron chi connectivity index (χ0n) is 13.1. The Bertz CT molecular complexity index is 568. The highest BCUT2D eigenvalue weighted by Crippen LogP contribution is 2.32. The van der Waals surface area contributed by atoms with Gasteiger partial charge in [-0.3, -0.25) is 4.79 Å². The number of carbonyl (C=O) groups excluding carboxylic acids is 1. The van der Waals surface area contributed by atoms with Crippen LogP contribution in [-0.4, -0.2) is 43.7 Å². The van der Waals surface area contributed by atoms with Crippen molar-refractivity contribution in [3.05, 3.63) is 22.7 Å². The summed E-state index contributed by atoms with van der Waals surface area (Å²) in [5.74, 6) is 0.626. The Morgan fingerprint density at radius 2 is 2.14 bits per heavy atom. The summed E-state index contributed by atoms with van der Waals surface area (Å²) in [4.78, 5) is 15.3. The van der Waals surface area contributed by atoms with Gasteiger partial charge in [-0.1, -0.05) is 11.6 Å². The van der Waals surface area contributed by atoms with Gasteiger partial charge in [0.1, 0.15) is 0 Å². The van der Waals surface area contributed by atoms with E-state index < -0.39 is 0 Å². The number of benzene rings is 1. The van der Waals surface area contributed by atoms with Crippen LogP contribution in [0.3, 0.4) is 0 Å². The fourth-order valence-corrected chi connectivity index (χ4v) is 3.14. The summed E-state index contributed by atoms with van der Waals surface area (Å²) in [6, 6.07) is 3.56. The number of anilines is 2. The van der Waals surface area contributed by atoms with Gasteiger partial charge in [-0.15, -0.1) is 0 Å². The quantitative estimate of drug-likeness (QED) is 0.661. The van der Waals surface area contributed by atoms with Crippen molar-refractivity contribution >= 4 is 35.1 Å². The van der Waals surface area contributed by atoms with Gasteiger partial charge in [0.05, 0.1) is 0 Å². The molecule has 0 radical (unpaired) electrons. The molecule has 1 amide bonds. The van der Waals surface area contributed by atoms with Crippen molar-refractivity contribution < 1.29 is 4.79 Å². The minimum absolute atomic E-state index is 0.108. The zero-order chi connectivity index (χ0) is 16.3. The molecule has 0 spiro atoms. The molecule has 5 nitrogen and oxygen atoms in total. The van der Waals surface area contributed by atoms with Crippen LogP contribution in [0.2, 0.25) is 5.02 Å². The molecule has 1 saturated heterocycles. The highest BCUT2D eigenvalue weighted by atomic mass is 35.5. The molecule has 0 unspecified atom stereocenters. The third kappa shape index (κ3) is 3.71. The van der Waals surface area contributed by atoms with Gasteiger partial charge in [0, 0.05) is 61.8 Å². The molecule has 1 aromatic rings. The van der Waals surface area contributed by atoms with Gasteiger partial charge in [0.2, 0.25) is 5.91 Å². The fourth-order valence-electron chi connectivity index (χ4n) is 2.92. The topological polar surface area (TPSA) is 73.4 Å². The van der Waals surface area contributed by atoms with Crippen LogP contribution in [-0.2, 0) is 4.79 Å². The molecule has 0 saturated carbocycles. The molecule has 22 heavy (non-hydrogen) atoms. The highest BCUT2D eigenvalue weighted by molar-refractivity contribution is 6.31. The molecular weight excluding hydrogens is 300 g/mol. The largest absolute Gasteiger partial charge is 0.398 e. The maximum absolute atomic E-state index is 11.3. The summed E-state index contributed by atoms with van der Waals surface area (Å²) in [5, 5.41) is 8.17. The molecule has 0 aromatic heterocycles. The molecule has 1 aromatic carbocycles. The zero-order valence-corrected chi connectivity index (χ0v) is 13.9. The number of carbonyl (C=O) groups is 1. The third-order valence-electron chi connectivity index (χ3n) is 4.32. The normalized spacial score (nSPS) is 15.7. The van der Waals surface area contributed by atoms with E-state index in [4.69, 9.17) is 22.7 Å². The van der Waals surface area contributed by atoms with E-state index in [0.717, 1.165) is 43.7 Å². The van der Waals surface area contributed by atoms with Crippen LogP contribution in [0.1, 0.15) is 25.3 Å². The Hall–Kier alpha value is -1.75. The number of piperidine rings is 1. The molecule has 1 heterocycles. The van der Waals surface area contributed by atoms with Gasteiger partial charge in [0.15, 0.2) is 0 Å². The number of nitrogens with one attached hydrogen (secondary N) is 1. The first-order valence-corrected chi connectivity index (χ1v) is 7.86. The lowest BCUT2D eigenvalue weighted by Crippen LogP contribution is -2.39. The summed E-state index contributed by atoms with van der Waals surface area (Å²) in [7, 11) is 1.85. The third-order valence-corrected chi connectivity index (χ3v) is 4.54. The van der Waals surface area contributed by atoms with Gasteiger partial charge < -0.3 is 20.9 Å². The van der Waals surface area contributed by atoms with Crippen LogP contribution in [0.25, 0.3) is 0 Å². The summed E-state index contributed by atoms with van der Waals surface area (Å²) in [6.07, 6.45) is 3.32.